The number of anilines is 1. The summed E-state index contributed by atoms with van der Waals surface area (Å²) in [6.45, 7) is 3.82. The number of nitrogens with zero attached hydrogens (tertiary/aromatic N) is 1. The molecule has 1 N–H and O–H groups in total. The molecule has 34 heavy (non-hydrogen) atoms. The second-order valence-electron chi connectivity index (χ2n) is 8.41. The number of amides is 1. The first-order valence-electron chi connectivity index (χ1n) is 11.6. The van der Waals surface area contributed by atoms with Gasteiger partial charge in [-0.2, -0.15) is 0 Å². The van der Waals surface area contributed by atoms with E-state index in [1.165, 1.54) is 11.3 Å². The standard InChI is InChI=1S/C25H28N2O5S2/c1-3-31-25(30)23-16-12-11-15(2)13-19(16)34-24(23)27-20(28)14-32-22(29)10-6-9-21-26-17-7-4-5-8-18(17)33-21/h4-5,7-8,15H,3,6,9-14H2,1-2H3,(H,27,28)/t15-/m1/s1. The molecule has 3 aromatic rings. The molecule has 0 saturated carbocycles. The van der Waals surface area contributed by atoms with Crippen LogP contribution in [0, 0.1) is 5.92 Å². The molecule has 0 fully saturated rings. The topological polar surface area (TPSA) is 94.6 Å². The van der Waals surface area contributed by atoms with Crippen LogP contribution in [0.1, 0.15) is 58.9 Å². The predicted octanol–water partition coefficient (Wildman–Crippen LogP) is 5.16. The lowest BCUT2D eigenvalue weighted by Gasteiger charge is -2.18. The Morgan fingerprint density at radius 3 is 2.79 bits per heavy atom. The molecule has 1 aliphatic rings. The highest BCUT2D eigenvalue weighted by atomic mass is 32.1. The summed E-state index contributed by atoms with van der Waals surface area (Å²) in [5.41, 5.74) is 2.39. The van der Waals surface area contributed by atoms with Crippen LogP contribution in [0.2, 0.25) is 0 Å². The monoisotopic (exact) mass is 500 g/mol. The quantitative estimate of drug-likeness (QED) is 0.408. The van der Waals surface area contributed by atoms with Crippen molar-refractivity contribution in [3.05, 3.63) is 45.3 Å². The molecular formula is C25H28N2O5S2. The van der Waals surface area contributed by atoms with Crippen molar-refractivity contribution in [3.8, 4) is 0 Å². The van der Waals surface area contributed by atoms with Crippen molar-refractivity contribution in [1.82, 2.24) is 4.98 Å². The Balaban J connectivity index is 1.28. The lowest BCUT2D eigenvalue weighted by Crippen LogP contribution is -2.22. The highest BCUT2D eigenvalue weighted by molar-refractivity contribution is 7.18. The van der Waals surface area contributed by atoms with Gasteiger partial charge in [0.1, 0.15) is 5.00 Å². The number of hydrogen-bond donors (Lipinski definition) is 1. The number of ether oxygens (including phenoxy) is 2. The van der Waals surface area contributed by atoms with Gasteiger partial charge in [0.2, 0.25) is 0 Å². The Labute approximate surface area is 206 Å². The summed E-state index contributed by atoms with van der Waals surface area (Å²) >= 11 is 3.04. The number of benzene rings is 1. The number of aromatic nitrogens is 1. The third-order valence-corrected chi connectivity index (χ3v) is 7.98. The van der Waals surface area contributed by atoms with Crippen LogP contribution >= 0.6 is 22.7 Å². The van der Waals surface area contributed by atoms with Gasteiger partial charge in [-0.3, -0.25) is 9.59 Å². The van der Waals surface area contributed by atoms with E-state index in [-0.39, 0.29) is 19.6 Å². The predicted molar refractivity (Wildman–Crippen MR) is 134 cm³/mol. The van der Waals surface area contributed by atoms with Crippen molar-refractivity contribution in [3.63, 3.8) is 0 Å². The molecule has 0 aliphatic heterocycles. The number of aryl methyl sites for hydroxylation is 1. The van der Waals surface area contributed by atoms with Crippen LogP contribution in [0.15, 0.2) is 24.3 Å². The third kappa shape index (κ3) is 5.82. The molecule has 180 valence electrons. The van der Waals surface area contributed by atoms with Crippen molar-refractivity contribution in [2.75, 3.05) is 18.5 Å². The normalized spacial score (nSPS) is 15.1. The Morgan fingerprint density at radius 1 is 1.18 bits per heavy atom. The molecule has 0 unspecified atom stereocenters. The zero-order valence-electron chi connectivity index (χ0n) is 19.3. The molecular weight excluding hydrogens is 472 g/mol. The Morgan fingerprint density at radius 2 is 2.00 bits per heavy atom. The van der Waals surface area contributed by atoms with Gasteiger partial charge in [0.15, 0.2) is 6.61 Å². The van der Waals surface area contributed by atoms with E-state index in [1.807, 2.05) is 24.3 Å². The molecule has 0 spiro atoms. The fraction of sp³-hybridized carbons (Fsp3) is 0.440. The first kappa shape index (κ1) is 24.3. The van der Waals surface area contributed by atoms with Gasteiger partial charge in [-0.05, 0) is 62.6 Å². The number of fused-ring (bicyclic) bond motifs is 2. The lowest BCUT2D eigenvalue weighted by atomic mass is 9.88. The van der Waals surface area contributed by atoms with E-state index in [1.54, 1.807) is 18.3 Å². The smallest absolute Gasteiger partial charge is 0.341 e. The molecule has 1 atom stereocenters. The summed E-state index contributed by atoms with van der Waals surface area (Å²) in [5.74, 6) is -0.775. The van der Waals surface area contributed by atoms with Crippen LogP contribution in [0.3, 0.4) is 0 Å². The maximum Gasteiger partial charge on any atom is 0.341 e. The molecule has 0 bridgehead atoms. The fourth-order valence-corrected chi connectivity index (χ4v) is 6.47. The largest absolute Gasteiger partial charge is 0.462 e. The van der Waals surface area contributed by atoms with E-state index in [4.69, 9.17) is 9.47 Å². The molecule has 1 amide bonds. The fourth-order valence-electron chi connectivity index (χ4n) is 4.05. The minimum absolute atomic E-state index is 0.211. The molecule has 4 rings (SSSR count). The van der Waals surface area contributed by atoms with E-state index in [0.717, 1.165) is 44.9 Å². The van der Waals surface area contributed by atoms with Crippen molar-refractivity contribution in [2.24, 2.45) is 5.92 Å². The van der Waals surface area contributed by atoms with Gasteiger partial charge >= 0.3 is 11.9 Å². The number of thiophene rings is 1. The molecule has 1 aliphatic carbocycles. The van der Waals surface area contributed by atoms with E-state index in [2.05, 4.69) is 17.2 Å². The first-order chi connectivity index (χ1) is 16.4. The SMILES string of the molecule is CCOC(=O)c1c(NC(=O)COC(=O)CCCc2nc3ccccc3s2)sc2c1CC[C@@H](C)C2. The maximum atomic E-state index is 12.6. The highest BCUT2D eigenvalue weighted by Crippen LogP contribution is 2.40. The Bertz CT molecular complexity index is 1170. The number of nitrogens with one attached hydrogen (secondary N) is 1. The second kappa shape index (κ2) is 11.1. The minimum Gasteiger partial charge on any atom is -0.462 e. The van der Waals surface area contributed by atoms with E-state index < -0.39 is 17.8 Å². The maximum absolute atomic E-state index is 12.6. The zero-order valence-corrected chi connectivity index (χ0v) is 21.0. The summed E-state index contributed by atoms with van der Waals surface area (Å²) < 4.78 is 11.5. The van der Waals surface area contributed by atoms with Crippen LogP contribution in [0.4, 0.5) is 5.00 Å². The Kier molecular flexibility index (Phi) is 7.95. The molecule has 9 heteroatoms. The average Bonchev–Trinajstić information content (AvgIpc) is 3.37. The number of carbonyl (C=O) groups is 3. The molecule has 2 aromatic heterocycles. The van der Waals surface area contributed by atoms with Gasteiger partial charge < -0.3 is 14.8 Å². The van der Waals surface area contributed by atoms with E-state index >= 15 is 0 Å². The number of para-hydroxylation sites is 1. The van der Waals surface area contributed by atoms with Gasteiger partial charge in [0.25, 0.3) is 5.91 Å². The summed E-state index contributed by atoms with van der Waals surface area (Å²) in [7, 11) is 0. The van der Waals surface area contributed by atoms with Gasteiger partial charge in [0.05, 0.1) is 27.4 Å². The van der Waals surface area contributed by atoms with E-state index in [9.17, 15) is 14.4 Å². The summed E-state index contributed by atoms with van der Waals surface area (Å²) in [6, 6.07) is 7.94. The van der Waals surface area contributed by atoms with Crippen molar-refractivity contribution in [1.29, 1.82) is 0 Å². The molecule has 7 nitrogen and oxygen atoms in total. The number of esters is 2. The van der Waals surface area contributed by atoms with Gasteiger partial charge in [-0.25, -0.2) is 9.78 Å². The number of carbonyl (C=O) groups excluding carboxylic acids is 3. The summed E-state index contributed by atoms with van der Waals surface area (Å²) in [5, 5.41) is 4.23. The average molecular weight is 501 g/mol. The van der Waals surface area contributed by atoms with Crippen molar-refractivity contribution >= 4 is 55.7 Å². The zero-order chi connectivity index (χ0) is 24.1. The second-order valence-corrected chi connectivity index (χ2v) is 10.6. The Hall–Kier alpha value is -2.78. The van der Waals surface area contributed by atoms with Crippen LogP contribution in [-0.2, 0) is 38.3 Å². The highest BCUT2D eigenvalue weighted by Gasteiger charge is 2.29. The third-order valence-electron chi connectivity index (χ3n) is 5.72. The lowest BCUT2D eigenvalue weighted by molar-refractivity contribution is -0.147. The van der Waals surface area contributed by atoms with Gasteiger partial charge in [-0.15, -0.1) is 22.7 Å². The first-order valence-corrected chi connectivity index (χ1v) is 13.2. The number of thiazole rings is 1. The molecule has 1 aromatic carbocycles. The minimum atomic E-state index is -0.461. The van der Waals surface area contributed by atoms with Gasteiger partial charge in [0, 0.05) is 11.3 Å². The van der Waals surface area contributed by atoms with Gasteiger partial charge in [-0.1, -0.05) is 19.1 Å². The summed E-state index contributed by atoms with van der Waals surface area (Å²) in [6.07, 6.45) is 4.17. The molecule has 0 radical (unpaired) electrons. The summed E-state index contributed by atoms with van der Waals surface area (Å²) in [4.78, 5) is 42.8. The van der Waals surface area contributed by atoms with Crippen molar-refractivity contribution < 1.29 is 23.9 Å². The van der Waals surface area contributed by atoms with Crippen molar-refractivity contribution in [2.45, 2.75) is 52.4 Å². The number of hydrogen-bond acceptors (Lipinski definition) is 8. The van der Waals surface area contributed by atoms with Crippen LogP contribution in [0.25, 0.3) is 10.2 Å². The molecule has 2 heterocycles. The van der Waals surface area contributed by atoms with E-state index in [0.29, 0.717) is 29.3 Å². The van der Waals surface area contributed by atoms with Crippen LogP contribution in [-0.4, -0.2) is 36.0 Å². The van der Waals surface area contributed by atoms with Crippen LogP contribution < -0.4 is 5.32 Å². The number of rotatable bonds is 9. The molecule has 0 saturated heterocycles. The van der Waals surface area contributed by atoms with Crippen LogP contribution in [0.5, 0.6) is 0 Å².